The van der Waals surface area contributed by atoms with Crippen molar-refractivity contribution in [3.63, 3.8) is 0 Å². The Labute approximate surface area is 143 Å². The number of piperidine rings is 1. The lowest BCUT2D eigenvalue weighted by atomic mass is 9.90. The normalized spacial score (nSPS) is 29.2. The number of likely N-dealkylation sites (tertiary alicyclic amines) is 1. The topological polar surface area (TPSA) is 69.6 Å². The molecular formula is C19H26N2O3. The first-order valence-corrected chi connectivity index (χ1v) is 8.84. The molecule has 1 heterocycles. The van der Waals surface area contributed by atoms with E-state index in [2.05, 4.69) is 19.2 Å². The quantitative estimate of drug-likeness (QED) is 0.891. The van der Waals surface area contributed by atoms with Crippen LogP contribution in [-0.4, -0.2) is 41.0 Å². The number of carbonyl (C=O) groups excluding carboxylic acids is 2. The van der Waals surface area contributed by atoms with Crippen molar-refractivity contribution in [2.75, 3.05) is 18.5 Å². The molecule has 4 atom stereocenters. The largest absolute Gasteiger partial charge is 0.394 e. The molecule has 2 aliphatic rings. The Bertz CT molecular complexity index is 631. The van der Waals surface area contributed by atoms with E-state index in [1.165, 1.54) is 0 Å². The summed E-state index contributed by atoms with van der Waals surface area (Å²) in [6.45, 7) is 4.80. The van der Waals surface area contributed by atoms with Crippen LogP contribution >= 0.6 is 0 Å². The number of rotatable bonds is 4. The average molecular weight is 330 g/mol. The number of hydrogen-bond donors (Lipinski definition) is 2. The van der Waals surface area contributed by atoms with Crippen LogP contribution in [0.1, 0.15) is 43.5 Å². The summed E-state index contributed by atoms with van der Waals surface area (Å²) in [6.07, 6.45) is 2.93. The Hall–Kier alpha value is -1.88. The van der Waals surface area contributed by atoms with E-state index in [0.29, 0.717) is 29.6 Å². The number of carbonyl (C=O) groups is 2. The Morgan fingerprint density at radius 3 is 2.71 bits per heavy atom. The smallest absolute Gasteiger partial charge is 0.254 e. The van der Waals surface area contributed by atoms with Crippen molar-refractivity contribution in [3.8, 4) is 0 Å². The Morgan fingerprint density at radius 1 is 1.29 bits per heavy atom. The number of aliphatic hydroxyl groups is 1. The summed E-state index contributed by atoms with van der Waals surface area (Å²) in [7, 11) is 0. The van der Waals surface area contributed by atoms with Crippen LogP contribution in [0.15, 0.2) is 24.3 Å². The molecule has 1 aromatic rings. The maximum absolute atomic E-state index is 12.9. The first-order chi connectivity index (χ1) is 11.5. The summed E-state index contributed by atoms with van der Waals surface area (Å²) in [4.78, 5) is 26.7. The molecular weight excluding hydrogens is 304 g/mol. The van der Waals surface area contributed by atoms with Gasteiger partial charge < -0.3 is 15.3 Å². The summed E-state index contributed by atoms with van der Waals surface area (Å²) >= 11 is 0. The molecule has 1 aliphatic heterocycles. The fourth-order valence-electron chi connectivity index (χ4n) is 3.60. The molecule has 1 aromatic carbocycles. The van der Waals surface area contributed by atoms with E-state index in [9.17, 15) is 14.7 Å². The van der Waals surface area contributed by atoms with E-state index < -0.39 is 0 Å². The van der Waals surface area contributed by atoms with Gasteiger partial charge in [0.25, 0.3) is 5.91 Å². The summed E-state index contributed by atoms with van der Waals surface area (Å²) in [5, 5.41) is 12.6. The van der Waals surface area contributed by atoms with Crippen LogP contribution in [0, 0.1) is 17.8 Å². The number of amides is 2. The summed E-state index contributed by atoms with van der Waals surface area (Å²) in [6, 6.07) is 6.98. The summed E-state index contributed by atoms with van der Waals surface area (Å²) in [5.74, 6) is 0.816. The van der Waals surface area contributed by atoms with E-state index >= 15 is 0 Å². The minimum atomic E-state index is -0.128. The van der Waals surface area contributed by atoms with Crippen molar-refractivity contribution in [1.29, 1.82) is 0 Å². The lowest BCUT2D eigenvalue weighted by Gasteiger charge is -2.39. The van der Waals surface area contributed by atoms with Gasteiger partial charge in [0.05, 0.1) is 12.6 Å². The Kier molecular flexibility index (Phi) is 4.90. The van der Waals surface area contributed by atoms with Gasteiger partial charge in [-0.2, -0.15) is 0 Å². The van der Waals surface area contributed by atoms with Crippen molar-refractivity contribution in [3.05, 3.63) is 29.8 Å². The molecule has 24 heavy (non-hydrogen) atoms. The zero-order valence-corrected chi connectivity index (χ0v) is 14.4. The van der Waals surface area contributed by atoms with Gasteiger partial charge in [-0.1, -0.05) is 19.9 Å². The molecule has 130 valence electrons. The highest BCUT2D eigenvalue weighted by atomic mass is 16.3. The van der Waals surface area contributed by atoms with Gasteiger partial charge in [0.2, 0.25) is 5.91 Å². The SMILES string of the molecule is CC1CC1C(=O)Nc1cccc(C(=O)N2CCCC(C)C2CO)c1. The highest BCUT2D eigenvalue weighted by Crippen LogP contribution is 2.38. The number of benzene rings is 1. The summed E-state index contributed by atoms with van der Waals surface area (Å²) < 4.78 is 0. The van der Waals surface area contributed by atoms with E-state index in [4.69, 9.17) is 0 Å². The maximum Gasteiger partial charge on any atom is 0.254 e. The number of nitrogens with zero attached hydrogens (tertiary/aromatic N) is 1. The molecule has 1 saturated heterocycles. The van der Waals surface area contributed by atoms with E-state index in [1.54, 1.807) is 23.1 Å². The van der Waals surface area contributed by atoms with Gasteiger partial charge in [-0.25, -0.2) is 0 Å². The Morgan fingerprint density at radius 2 is 2.04 bits per heavy atom. The van der Waals surface area contributed by atoms with Crippen LogP contribution in [0.2, 0.25) is 0 Å². The summed E-state index contributed by atoms with van der Waals surface area (Å²) in [5.41, 5.74) is 1.22. The first-order valence-electron chi connectivity index (χ1n) is 8.84. The van der Waals surface area contributed by atoms with Gasteiger partial charge in [-0.3, -0.25) is 9.59 Å². The van der Waals surface area contributed by atoms with Crippen LogP contribution in [0.4, 0.5) is 5.69 Å². The molecule has 2 N–H and O–H groups in total. The van der Waals surface area contributed by atoms with Gasteiger partial charge in [0.15, 0.2) is 0 Å². The second-order valence-electron chi connectivity index (χ2n) is 7.26. The zero-order valence-electron chi connectivity index (χ0n) is 14.4. The number of aliphatic hydroxyl groups excluding tert-OH is 1. The molecule has 5 heteroatoms. The van der Waals surface area contributed by atoms with Crippen molar-refractivity contribution >= 4 is 17.5 Å². The predicted molar refractivity (Wildman–Crippen MR) is 92.7 cm³/mol. The fraction of sp³-hybridized carbons (Fsp3) is 0.579. The predicted octanol–water partition coefficient (Wildman–Crippen LogP) is 2.51. The van der Waals surface area contributed by atoms with Crippen LogP contribution in [0.25, 0.3) is 0 Å². The van der Waals surface area contributed by atoms with E-state index in [-0.39, 0.29) is 30.4 Å². The lowest BCUT2D eigenvalue weighted by molar-refractivity contribution is -0.117. The standard InChI is InChI=1S/C19H26N2O3/c1-12-5-4-8-21(17(12)11-22)19(24)14-6-3-7-15(10-14)20-18(23)16-9-13(16)2/h3,6-7,10,12-13,16-17,22H,4-5,8-9,11H2,1-2H3,(H,20,23). The van der Waals surface area contributed by atoms with Crippen molar-refractivity contribution in [2.24, 2.45) is 17.8 Å². The molecule has 0 radical (unpaired) electrons. The molecule has 0 bridgehead atoms. The minimum absolute atomic E-state index is 0.0110. The third kappa shape index (κ3) is 3.46. The van der Waals surface area contributed by atoms with Crippen molar-refractivity contribution in [2.45, 2.75) is 39.2 Å². The van der Waals surface area contributed by atoms with Crippen molar-refractivity contribution < 1.29 is 14.7 Å². The second-order valence-corrected chi connectivity index (χ2v) is 7.26. The number of hydrogen-bond acceptors (Lipinski definition) is 3. The van der Waals surface area contributed by atoms with Gasteiger partial charge in [0.1, 0.15) is 0 Å². The molecule has 2 amide bonds. The van der Waals surface area contributed by atoms with E-state index in [1.807, 2.05) is 6.07 Å². The third-order valence-electron chi connectivity index (χ3n) is 5.39. The maximum atomic E-state index is 12.9. The number of anilines is 1. The van der Waals surface area contributed by atoms with Gasteiger partial charge in [-0.15, -0.1) is 0 Å². The fourth-order valence-corrected chi connectivity index (χ4v) is 3.60. The number of nitrogens with one attached hydrogen (secondary N) is 1. The Balaban J connectivity index is 1.72. The monoisotopic (exact) mass is 330 g/mol. The lowest BCUT2D eigenvalue weighted by Crippen LogP contribution is -2.49. The highest BCUT2D eigenvalue weighted by molar-refractivity contribution is 5.98. The van der Waals surface area contributed by atoms with Gasteiger partial charge >= 0.3 is 0 Å². The molecule has 5 nitrogen and oxygen atoms in total. The average Bonchev–Trinajstić information content (AvgIpc) is 3.31. The molecule has 4 unspecified atom stereocenters. The molecule has 1 saturated carbocycles. The van der Waals surface area contributed by atoms with Crippen molar-refractivity contribution in [1.82, 2.24) is 4.90 Å². The van der Waals surface area contributed by atoms with Crippen LogP contribution in [-0.2, 0) is 4.79 Å². The zero-order chi connectivity index (χ0) is 17.3. The highest BCUT2D eigenvalue weighted by Gasteiger charge is 2.39. The van der Waals surface area contributed by atoms with Gasteiger partial charge in [-0.05, 0) is 49.3 Å². The molecule has 0 spiro atoms. The second kappa shape index (κ2) is 6.93. The molecule has 2 fully saturated rings. The van der Waals surface area contributed by atoms with Crippen LogP contribution < -0.4 is 5.32 Å². The molecule has 3 rings (SSSR count). The third-order valence-corrected chi connectivity index (χ3v) is 5.39. The minimum Gasteiger partial charge on any atom is -0.394 e. The van der Waals surface area contributed by atoms with Gasteiger partial charge in [0, 0.05) is 23.7 Å². The van der Waals surface area contributed by atoms with E-state index in [0.717, 1.165) is 19.3 Å². The van der Waals surface area contributed by atoms with Crippen LogP contribution in [0.5, 0.6) is 0 Å². The van der Waals surface area contributed by atoms with Crippen LogP contribution in [0.3, 0.4) is 0 Å². The first kappa shape index (κ1) is 17.0. The molecule has 0 aromatic heterocycles. The molecule has 1 aliphatic carbocycles.